The van der Waals surface area contributed by atoms with E-state index in [1.54, 1.807) is 5.32 Å². The van der Waals surface area contributed by atoms with Gasteiger partial charge in [0.1, 0.15) is 12.1 Å². The SMILES string of the molecule is CC(C)(C)[C@H](NC(=O)C(F)(F)F)C(=O)N1C[C@@H]2CCC[C@@H]2[C@@H]1C(=O)N[C@@H](/C=C(\F)S(C)(=O)=O)C[C@H]1CCNC1=O. The van der Waals surface area contributed by atoms with Crippen LogP contribution in [0.25, 0.3) is 0 Å². The molecule has 0 aromatic rings. The average Bonchev–Trinajstić information content (AvgIpc) is 3.50. The molecule has 40 heavy (non-hydrogen) atoms. The summed E-state index contributed by atoms with van der Waals surface area (Å²) < 4.78 is 77.1. The van der Waals surface area contributed by atoms with Gasteiger partial charge in [-0.2, -0.15) is 17.6 Å². The second kappa shape index (κ2) is 11.6. The zero-order chi connectivity index (χ0) is 30.2. The molecule has 0 spiro atoms. The molecule has 3 fully saturated rings. The molecule has 3 rings (SSSR count). The van der Waals surface area contributed by atoms with Crippen LogP contribution in [-0.4, -0.2) is 80.6 Å². The van der Waals surface area contributed by atoms with Crippen LogP contribution < -0.4 is 16.0 Å². The van der Waals surface area contributed by atoms with Crippen molar-refractivity contribution < 1.29 is 45.2 Å². The van der Waals surface area contributed by atoms with Gasteiger partial charge in [0.15, 0.2) is 0 Å². The third-order valence-corrected chi connectivity index (χ3v) is 8.65. The Balaban J connectivity index is 1.91. The van der Waals surface area contributed by atoms with Crippen LogP contribution in [0, 0.1) is 23.2 Å². The van der Waals surface area contributed by atoms with Crippen LogP contribution in [0.2, 0.25) is 0 Å². The number of carbonyl (C=O) groups is 4. The second-order valence-electron chi connectivity index (χ2n) is 11.9. The van der Waals surface area contributed by atoms with Crippen LogP contribution in [0.1, 0.15) is 52.9 Å². The number of halogens is 4. The first-order chi connectivity index (χ1) is 18.3. The van der Waals surface area contributed by atoms with Crippen molar-refractivity contribution in [2.75, 3.05) is 19.3 Å². The van der Waals surface area contributed by atoms with E-state index in [-0.39, 0.29) is 30.7 Å². The summed E-state index contributed by atoms with van der Waals surface area (Å²) in [6.07, 6.45) is -1.55. The molecule has 2 heterocycles. The third-order valence-electron chi connectivity index (χ3n) is 7.80. The van der Waals surface area contributed by atoms with Crippen LogP contribution in [0.5, 0.6) is 0 Å². The summed E-state index contributed by atoms with van der Waals surface area (Å²) in [5.74, 6) is -5.25. The third kappa shape index (κ3) is 7.32. The Hall–Kier alpha value is -2.71. The Labute approximate surface area is 230 Å². The molecule has 0 radical (unpaired) electrons. The first-order valence-electron chi connectivity index (χ1n) is 13.1. The predicted molar refractivity (Wildman–Crippen MR) is 135 cm³/mol. The average molecular weight is 597 g/mol. The van der Waals surface area contributed by atoms with Crippen LogP contribution in [0.4, 0.5) is 17.6 Å². The molecule has 10 nitrogen and oxygen atoms in total. The molecule has 0 aromatic heterocycles. The molecular formula is C25H36F4N4O6S. The quantitative estimate of drug-likeness (QED) is 0.364. The fourth-order valence-corrected chi connectivity index (χ4v) is 6.20. The highest BCUT2D eigenvalue weighted by Crippen LogP contribution is 2.43. The lowest BCUT2D eigenvalue weighted by atomic mass is 9.85. The summed E-state index contributed by atoms with van der Waals surface area (Å²) >= 11 is 0. The maximum Gasteiger partial charge on any atom is 0.471 e. The van der Waals surface area contributed by atoms with Gasteiger partial charge in [-0.05, 0) is 49.0 Å². The van der Waals surface area contributed by atoms with E-state index >= 15 is 0 Å². The van der Waals surface area contributed by atoms with Crippen LogP contribution in [-0.2, 0) is 29.0 Å². The predicted octanol–water partition coefficient (Wildman–Crippen LogP) is 1.57. The highest BCUT2D eigenvalue weighted by molar-refractivity contribution is 7.94. The van der Waals surface area contributed by atoms with Gasteiger partial charge in [-0.3, -0.25) is 19.2 Å². The molecule has 3 N–H and O–H groups in total. The summed E-state index contributed by atoms with van der Waals surface area (Å²) in [6.45, 7) is 4.91. The molecule has 6 atom stereocenters. The number of amides is 4. The Morgan fingerprint density at radius 2 is 1.77 bits per heavy atom. The maximum atomic E-state index is 14.5. The number of likely N-dealkylation sites (tertiary alicyclic amines) is 1. The topological polar surface area (TPSA) is 142 Å². The van der Waals surface area contributed by atoms with E-state index in [0.29, 0.717) is 38.1 Å². The van der Waals surface area contributed by atoms with E-state index < -0.39 is 68.4 Å². The van der Waals surface area contributed by atoms with Gasteiger partial charge in [-0.25, -0.2) is 8.42 Å². The molecule has 1 aliphatic carbocycles. The number of hydrogen-bond donors (Lipinski definition) is 3. The zero-order valence-electron chi connectivity index (χ0n) is 22.8. The number of rotatable bonds is 8. The van der Waals surface area contributed by atoms with Gasteiger partial charge in [0, 0.05) is 25.3 Å². The van der Waals surface area contributed by atoms with Gasteiger partial charge in [0.25, 0.3) is 0 Å². The fraction of sp³-hybridized carbons (Fsp3) is 0.760. The molecule has 15 heteroatoms. The summed E-state index contributed by atoms with van der Waals surface area (Å²) in [5.41, 5.74) is -1.14. The van der Waals surface area contributed by atoms with Gasteiger partial charge in [0.2, 0.25) is 32.7 Å². The first-order valence-corrected chi connectivity index (χ1v) is 15.0. The van der Waals surface area contributed by atoms with Crippen LogP contribution in [0.3, 0.4) is 0 Å². The lowest BCUT2D eigenvalue weighted by molar-refractivity contribution is -0.176. The lowest BCUT2D eigenvalue weighted by Gasteiger charge is -2.36. The first kappa shape index (κ1) is 31.8. The Morgan fingerprint density at radius 1 is 1.12 bits per heavy atom. The Bertz CT molecular complexity index is 1170. The fourth-order valence-electron chi connectivity index (χ4n) is 5.79. The minimum atomic E-state index is -5.22. The lowest BCUT2D eigenvalue weighted by Crippen LogP contribution is -2.60. The van der Waals surface area contributed by atoms with Crippen molar-refractivity contribution in [3.63, 3.8) is 0 Å². The van der Waals surface area contributed by atoms with Gasteiger partial charge in [-0.15, -0.1) is 0 Å². The van der Waals surface area contributed by atoms with E-state index in [1.165, 1.54) is 25.7 Å². The molecule has 1 saturated carbocycles. The number of alkyl halides is 3. The molecule has 2 aliphatic heterocycles. The monoisotopic (exact) mass is 596 g/mol. The number of nitrogens with one attached hydrogen (secondary N) is 3. The van der Waals surface area contributed by atoms with Crippen molar-refractivity contribution in [3.05, 3.63) is 11.2 Å². The summed E-state index contributed by atoms with van der Waals surface area (Å²) in [5, 5.41) is 5.50. The van der Waals surface area contributed by atoms with Crippen molar-refractivity contribution >= 4 is 33.5 Å². The number of fused-ring (bicyclic) bond motifs is 1. The van der Waals surface area contributed by atoms with E-state index in [4.69, 9.17) is 0 Å². The summed E-state index contributed by atoms with van der Waals surface area (Å²) in [7, 11) is -4.24. The second-order valence-corrected chi connectivity index (χ2v) is 13.9. The smallest absolute Gasteiger partial charge is 0.356 e. The Morgan fingerprint density at radius 3 is 2.30 bits per heavy atom. The highest BCUT2D eigenvalue weighted by atomic mass is 32.2. The van der Waals surface area contributed by atoms with Crippen molar-refractivity contribution in [2.24, 2.45) is 23.2 Å². The Kier molecular flexibility index (Phi) is 9.26. The van der Waals surface area contributed by atoms with Crippen molar-refractivity contribution in [3.8, 4) is 0 Å². The molecule has 3 aliphatic rings. The number of hydrogen-bond acceptors (Lipinski definition) is 6. The molecule has 226 valence electrons. The summed E-state index contributed by atoms with van der Waals surface area (Å²) in [6, 6.07) is -3.95. The van der Waals surface area contributed by atoms with E-state index in [9.17, 15) is 45.2 Å². The van der Waals surface area contributed by atoms with Gasteiger partial charge < -0.3 is 20.9 Å². The van der Waals surface area contributed by atoms with Gasteiger partial charge in [0.05, 0.1) is 6.04 Å². The molecular weight excluding hydrogens is 560 g/mol. The van der Waals surface area contributed by atoms with Gasteiger partial charge >= 0.3 is 12.1 Å². The molecule has 0 bridgehead atoms. The minimum Gasteiger partial charge on any atom is -0.356 e. The van der Waals surface area contributed by atoms with E-state index in [2.05, 4.69) is 10.6 Å². The van der Waals surface area contributed by atoms with Crippen molar-refractivity contribution in [1.82, 2.24) is 20.9 Å². The maximum absolute atomic E-state index is 14.5. The molecule has 4 amide bonds. The largest absolute Gasteiger partial charge is 0.471 e. The van der Waals surface area contributed by atoms with Crippen LogP contribution in [0.15, 0.2) is 11.2 Å². The van der Waals surface area contributed by atoms with Crippen molar-refractivity contribution in [2.45, 2.75) is 77.2 Å². The van der Waals surface area contributed by atoms with Crippen molar-refractivity contribution in [1.29, 1.82) is 0 Å². The summed E-state index contributed by atoms with van der Waals surface area (Å²) in [4.78, 5) is 52.4. The number of sulfone groups is 1. The molecule has 2 saturated heterocycles. The standard InChI is InChI=1S/C25H36F4N4O6S/c1-24(2,3)19(32-23(37)25(27,28)29)22(36)33-12-14-6-5-7-16(14)18(33)21(35)31-15(11-17(26)40(4,38)39)10-13-8-9-30-20(13)34/h11,13-16,18-19H,5-10,12H2,1-4H3,(H,30,34)(H,31,35)(H,32,37)/b17-11+/t13-,14+,15-,16+,18-,19-/m1/s1. The van der Waals surface area contributed by atoms with Crippen LogP contribution >= 0.6 is 0 Å². The number of nitrogens with zero attached hydrogens (tertiary/aromatic N) is 1. The minimum absolute atomic E-state index is 0.0826. The highest BCUT2D eigenvalue weighted by Gasteiger charge is 2.53. The number of carbonyl (C=O) groups excluding carboxylic acids is 4. The molecule has 0 aromatic carbocycles. The van der Waals surface area contributed by atoms with E-state index in [0.717, 1.165) is 6.42 Å². The zero-order valence-corrected chi connectivity index (χ0v) is 23.6. The molecule has 0 unspecified atom stereocenters. The van der Waals surface area contributed by atoms with Gasteiger partial charge in [-0.1, -0.05) is 27.2 Å². The van der Waals surface area contributed by atoms with E-state index in [1.807, 2.05) is 0 Å². The normalized spacial score (nSPS) is 27.1.